The quantitative estimate of drug-likeness (QED) is 0.542. The lowest BCUT2D eigenvalue weighted by Gasteiger charge is -2.30. The van der Waals surface area contributed by atoms with E-state index < -0.39 is 0 Å². The van der Waals surface area contributed by atoms with Crippen LogP contribution in [0.4, 0.5) is 0 Å². The molecule has 1 aliphatic heterocycles. The van der Waals surface area contributed by atoms with Crippen LogP contribution in [0.2, 0.25) is 0 Å². The third-order valence-electron chi connectivity index (χ3n) is 5.39. The molecule has 29 heavy (non-hydrogen) atoms. The van der Waals surface area contributed by atoms with Gasteiger partial charge in [-0.2, -0.15) is 5.10 Å². The average Bonchev–Trinajstić information content (AvgIpc) is 3.23. The van der Waals surface area contributed by atoms with E-state index in [4.69, 9.17) is 10.1 Å². The fourth-order valence-electron chi connectivity index (χ4n) is 3.78. The third-order valence-corrected chi connectivity index (χ3v) is 5.39. The van der Waals surface area contributed by atoms with E-state index in [0.29, 0.717) is 18.8 Å². The number of pyridine rings is 3. The number of piperidine rings is 1. The molecule has 0 unspecified atom stereocenters. The summed E-state index contributed by atoms with van der Waals surface area (Å²) in [4.78, 5) is 27.4. The number of fused-ring (bicyclic) bond motifs is 1. The molecule has 1 fully saturated rings. The smallest absolute Gasteiger partial charge is 0.272 e. The zero-order valence-corrected chi connectivity index (χ0v) is 15.8. The SMILES string of the molecule is O=C(c1ccccn1)N1CCC(c2nc3ccc(-c4ccncc4)cn3n2)CC1. The highest BCUT2D eigenvalue weighted by molar-refractivity contribution is 5.92. The van der Waals surface area contributed by atoms with E-state index in [1.165, 1.54) is 0 Å². The van der Waals surface area contributed by atoms with Crippen LogP contribution in [0.1, 0.15) is 35.1 Å². The van der Waals surface area contributed by atoms with E-state index in [1.54, 1.807) is 24.7 Å². The van der Waals surface area contributed by atoms with Crippen molar-refractivity contribution < 1.29 is 4.79 Å². The normalized spacial score (nSPS) is 15.0. The first kappa shape index (κ1) is 17.5. The molecule has 0 aliphatic carbocycles. The number of aromatic nitrogens is 5. The van der Waals surface area contributed by atoms with Crippen molar-refractivity contribution in [3.8, 4) is 11.1 Å². The topological polar surface area (TPSA) is 76.3 Å². The number of amides is 1. The first-order valence-electron chi connectivity index (χ1n) is 9.75. The van der Waals surface area contributed by atoms with Crippen LogP contribution < -0.4 is 0 Å². The Morgan fingerprint density at radius 2 is 1.76 bits per heavy atom. The van der Waals surface area contributed by atoms with Gasteiger partial charge in [-0.1, -0.05) is 6.07 Å². The summed E-state index contributed by atoms with van der Waals surface area (Å²) >= 11 is 0. The van der Waals surface area contributed by atoms with Gasteiger partial charge in [-0.15, -0.1) is 0 Å². The lowest BCUT2D eigenvalue weighted by molar-refractivity contribution is 0.0705. The molecule has 4 aromatic rings. The maximum atomic E-state index is 12.6. The molecule has 1 amide bonds. The van der Waals surface area contributed by atoms with E-state index in [0.717, 1.165) is 35.4 Å². The first-order chi connectivity index (χ1) is 14.3. The van der Waals surface area contributed by atoms with Gasteiger partial charge in [0.1, 0.15) is 5.69 Å². The van der Waals surface area contributed by atoms with E-state index in [9.17, 15) is 4.79 Å². The van der Waals surface area contributed by atoms with Crippen molar-refractivity contribution in [2.24, 2.45) is 0 Å². The fourth-order valence-corrected chi connectivity index (χ4v) is 3.78. The summed E-state index contributed by atoms with van der Waals surface area (Å²) in [5.41, 5.74) is 3.51. The Balaban J connectivity index is 1.31. The van der Waals surface area contributed by atoms with Gasteiger partial charge in [-0.05, 0) is 54.8 Å². The summed E-state index contributed by atoms with van der Waals surface area (Å²) in [5.74, 6) is 1.10. The van der Waals surface area contributed by atoms with Crippen molar-refractivity contribution in [2.75, 3.05) is 13.1 Å². The van der Waals surface area contributed by atoms with Crippen molar-refractivity contribution in [1.29, 1.82) is 0 Å². The molecule has 0 aromatic carbocycles. The van der Waals surface area contributed by atoms with Crippen LogP contribution in [0.15, 0.2) is 67.3 Å². The van der Waals surface area contributed by atoms with Gasteiger partial charge in [0.25, 0.3) is 5.91 Å². The Hall–Kier alpha value is -3.61. The van der Waals surface area contributed by atoms with Crippen LogP contribution >= 0.6 is 0 Å². The second-order valence-electron chi connectivity index (χ2n) is 7.21. The Kier molecular flexibility index (Phi) is 4.48. The number of hydrogen-bond donors (Lipinski definition) is 0. The summed E-state index contributed by atoms with van der Waals surface area (Å²) in [6.07, 6.45) is 8.93. The highest BCUT2D eigenvalue weighted by atomic mass is 16.2. The van der Waals surface area contributed by atoms with Gasteiger partial charge in [0.2, 0.25) is 0 Å². The minimum absolute atomic E-state index is 0.00555. The number of rotatable bonds is 3. The van der Waals surface area contributed by atoms with Gasteiger partial charge in [0, 0.05) is 49.4 Å². The monoisotopic (exact) mass is 384 g/mol. The molecule has 0 spiro atoms. The summed E-state index contributed by atoms with van der Waals surface area (Å²) in [6, 6.07) is 13.4. The van der Waals surface area contributed by atoms with Gasteiger partial charge >= 0.3 is 0 Å². The Morgan fingerprint density at radius 1 is 0.931 bits per heavy atom. The molecule has 0 atom stereocenters. The summed E-state index contributed by atoms with van der Waals surface area (Å²) in [6.45, 7) is 1.38. The maximum Gasteiger partial charge on any atom is 0.272 e. The molecule has 5 rings (SSSR count). The lowest BCUT2D eigenvalue weighted by atomic mass is 9.96. The number of hydrogen-bond acceptors (Lipinski definition) is 5. The highest BCUT2D eigenvalue weighted by Gasteiger charge is 2.27. The molecule has 0 bridgehead atoms. The van der Waals surface area contributed by atoms with E-state index >= 15 is 0 Å². The number of carbonyl (C=O) groups excluding carboxylic acids is 1. The van der Waals surface area contributed by atoms with E-state index in [2.05, 4.69) is 16.0 Å². The zero-order chi connectivity index (χ0) is 19.6. The second kappa shape index (κ2) is 7.43. The van der Waals surface area contributed by atoms with Gasteiger partial charge < -0.3 is 4.90 Å². The Labute approximate surface area is 168 Å². The molecule has 1 saturated heterocycles. The van der Waals surface area contributed by atoms with Crippen LogP contribution in [-0.4, -0.2) is 48.5 Å². The van der Waals surface area contributed by atoms with Crippen LogP contribution in [0.3, 0.4) is 0 Å². The van der Waals surface area contributed by atoms with Crippen molar-refractivity contribution >= 4 is 11.6 Å². The van der Waals surface area contributed by atoms with Crippen molar-refractivity contribution in [2.45, 2.75) is 18.8 Å². The molecule has 0 radical (unpaired) electrons. The van der Waals surface area contributed by atoms with Crippen molar-refractivity contribution in [3.63, 3.8) is 0 Å². The molecule has 0 saturated carbocycles. The molecule has 4 aromatic heterocycles. The minimum atomic E-state index is -0.00555. The largest absolute Gasteiger partial charge is 0.337 e. The second-order valence-corrected chi connectivity index (χ2v) is 7.21. The molecular weight excluding hydrogens is 364 g/mol. The third kappa shape index (κ3) is 3.47. The standard InChI is InChI=1S/C22H20N6O/c29-22(19-3-1-2-10-24-19)27-13-8-17(9-14-27)21-25-20-5-4-18(15-28(20)26-21)16-6-11-23-12-7-16/h1-7,10-12,15,17H,8-9,13-14H2. The van der Waals surface area contributed by atoms with Crippen LogP contribution in [0.5, 0.6) is 0 Å². The summed E-state index contributed by atoms with van der Waals surface area (Å²) < 4.78 is 1.84. The van der Waals surface area contributed by atoms with Crippen LogP contribution in [0.25, 0.3) is 16.8 Å². The van der Waals surface area contributed by atoms with Gasteiger partial charge in [-0.25, -0.2) is 9.50 Å². The molecule has 1 aliphatic rings. The summed E-state index contributed by atoms with van der Waals surface area (Å²) in [5, 5.41) is 4.72. The molecule has 5 heterocycles. The maximum absolute atomic E-state index is 12.6. The van der Waals surface area contributed by atoms with Crippen molar-refractivity contribution in [1.82, 2.24) is 29.5 Å². The summed E-state index contributed by atoms with van der Waals surface area (Å²) in [7, 11) is 0. The minimum Gasteiger partial charge on any atom is -0.337 e. The van der Waals surface area contributed by atoms with Gasteiger partial charge in [-0.3, -0.25) is 14.8 Å². The highest BCUT2D eigenvalue weighted by Crippen LogP contribution is 2.27. The van der Waals surface area contributed by atoms with Crippen LogP contribution in [0, 0.1) is 0 Å². The molecule has 7 nitrogen and oxygen atoms in total. The molecule has 144 valence electrons. The van der Waals surface area contributed by atoms with E-state index in [1.807, 2.05) is 45.9 Å². The van der Waals surface area contributed by atoms with Gasteiger partial charge in [0.15, 0.2) is 11.5 Å². The van der Waals surface area contributed by atoms with Gasteiger partial charge in [0.05, 0.1) is 0 Å². The van der Waals surface area contributed by atoms with Crippen LogP contribution in [-0.2, 0) is 0 Å². The lowest BCUT2D eigenvalue weighted by Crippen LogP contribution is -2.38. The fraction of sp³-hybridized carbons (Fsp3) is 0.227. The average molecular weight is 384 g/mol. The molecule has 0 N–H and O–H groups in total. The Bertz CT molecular complexity index is 1130. The number of nitrogens with zero attached hydrogens (tertiary/aromatic N) is 6. The molecular formula is C22H20N6O. The predicted molar refractivity (Wildman–Crippen MR) is 108 cm³/mol. The predicted octanol–water partition coefficient (Wildman–Crippen LogP) is 3.21. The molecule has 7 heteroatoms. The number of likely N-dealkylation sites (tertiary alicyclic amines) is 1. The first-order valence-corrected chi connectivity index (χ1v) is 9.75. The van der Waals surface area contributed by atoms with E-state index in [-0.39, 0.29) is 11.8 Å². The Morgan fingerprint density at radius 3 is 2.52 bits per heavy atom. The zero-order valence-electron chi connectivity index (χ0n) is 15.8. The number of carbonyl (C=O) groups is 1. The van der Waals surface area contributed by atoms with Crippen molar-refractivity contribution in [3.05, 3.63) is 78.8 Å².